The summed E-state index contributed by atoms with van der Waals surface area (Å²) in [6.07, 6.45) is 0. The van der Waals surface area contributed by atoms with Crippen LogP contribution in [-0.2, 0) is 4.74 Å². The SMILES string of the molecule is CCOCCNC(=O)c1ccccc1Nc1cccc([N+](=O)[O-])c1. The van der Waals surface area contributed by atoms with Crippen LogP contribution in [0.4, 0.5) is 17.1 Å². The highest BCUT2D eigenvalue weighted by Crippen LogP contribution is 2.23. The number of para-hydroxylation sites is 1. The fourth-order valence-corrected chi connectivity index (χ4v) is 2.12. The quantitative estimate of drug-likeness (QED) is 0.441. The first-order valence-electron chi connectivity index (χ1n) is 7.58. The minimum atomic E-state index is -0.461. The van der Waals surface area contributed by atoms with Crippen LogP contribution in [0, 0.1) is 10.1 Å². The Bertz CT molecular complexity index is 718. The first-order valence-corrected chi connectivity index (χ1v) is 7.58. The normalized spacial score (nSPS) is 10.2. The summed E-state index contributed by atoms with van der Waals surface area (Å²) in [5.41, 5.74) is 1.56. The molecule has 0 aliphatic rings. The van der Waals surface area contributed by atoms with Crippen molar-refractivity contribution in [1.29, 1.82) is 0 Å². The molecule has 24 heavy (non-hydrogen) atoms. The Morgan fingerprint density at radius 3 is 2.75 bits per heavy atom. The van der Waals surface area contributed by atoms with Gasteiger partial charge in [-0.25, -0.2) is 0 Å². The molecule has 0 aliphatic heterocycles. The van der Waals surface area contributed by atoms with E-state index < -0.39 is 4.92 Å². The van der Waals surface area contributed by atoms with Crippen LogP contribution in [0.5, 0.6) is 0 Å². The molecule has 0 fully saturated rings. The van der Waals surface area contributed by atoms with Gasteiger partial charge < -0.3 is 15.4 Å². The molecular weight excluding hydrogens is 310 g/mol. The number of nitrogens with one attached hydrogen (secondary N) is 2. The van der Waals surface area contributed by atoms with Crippen molar-refractivity contribution in [2.45, 2.75) is 6.92 Å². The van der Waals surface area contributed by atoms with E-state index in [2.05, 4.69) is 10.6 Å². The number of benzene rings is 2. The number of nitro groups is 1. The number of rotatable bonds is 8. The molecular formula is C17H19N3O4. The lowest BCUT2D eigenvalue weighted by molar-refractivity contribution is -0.384. The number of nitro benzene ring substituents is 1. The minimum absolute atomic E-state index is 0.0151. The Morgan fingerprint density at radius 1 is 1.21 bits per heavy atom. The molecule has 2 aromatic rings. The number of anilines is 2. The molecule has 1 amide bonds. The molecule has 2 aromatic carbocycles. The van der Waals surface area contributed by atoms with E-state index in [0.717, 1.165) is 0 Å². The van der Waals surface area contributed by atoms with Gasteiger partial charge in [0.25, 0.3) is 11.6 Å². The Labute approximate surface area is 139 Å². The van der Waals surface area contributed by atoms with E-state index in [1.54, 1.807) is 36.4 Å². The zero-order valence-electron chi connectivity index (χ0n) is 13.3. The summed E-state index contributed by atoms with van der Waals surface area (Å²) in [7, 11) is 0. The smallest absolute Gasteiger partial charge is 0.271 e. The third kappa shape index (κ3) is 4.79. The predicted molar refractivity (Wildman–Crippen MR) is 91.6 cm³/mol. The zero-order chi connectivity index (χ0) is 17.4. The molecule has 126 valence electrons. The highest BCUT2D eigenvalue weighted by molar-refractivity contribution is 6.00. The summed E-state index contributed by atoms with van der Waals surface area (Å²) < 4.78 is 5.19. The van der Waals surface area contributed by atoms with E-state index in [1.807, 2.05) is 6.92 Å². The molecule has 0 heterocycles. The summed E-state index contributed by atoms with van der Waals surface area (Å²) in [5.74, 6) is -0.233. The fraction of sp³-hybridized carbons (Fsp3) is 0.235. The maximum Gasteiger partial charge on any atom is 0.271 e. The molecule has 2 N–H and O–H groups in total. The third-order valence-corrected chi connectivity index (χ3v) is 3.24. The number of ether oxygens (including phenoxy) is 1. The molecule has 7 heteroatoms. The van der Waals surface area contributed by atoms with Crippen LogP contribution in [-0.4, -0.2) is 30.6 Å². The van der Waals surface area contributed by atoms with E-state index in [4.69, 9.17) is 4.74 Å². The Balaban J connectivity index is 2.12. The number of carbonyl (C=O) groups is 1. The molecule has 0 spiro atoms. The van der Waals surface area contributed by atoms with Crippen LogP contribution in [0.15, 0.2) is 48.5 Å². The van der Waals surface area contributed by atoms with Crippen LogP contribution in [0.1, 0.15) is 17.3 Å². The first kappa shape index (κ1) is 17.4. The van der Waals surface area contributed by atoms with Gasteiger partial charge in [-0.1, -0.05) is 18.2 Å². The lowest BCUT2D eigenvalue weighted by Crippen LogP contribution is -2.27. The van der Waals surface area contributed by atoms with Gasteiger partial charge in [-0.2, -0.15) is 0 Å². The molecule has 7 nitrogen and oxygen atoms in total. The van der Waals surface area contributed by atoms with Crippen molar-refractivity contribution in [2.24, 2.45) is 0 Å². The van der Waals surface area contributed by atoms with Gasteiger partial charge in [0.15, 0.2) is 0 Å². The fourth-order valence-electron chi connectivity index (χ4n) is 2.12. The van der Waals surface area contributed by atoms with Crippen LogP contribution >= 0.6 is 0 Å². The number of hydrogen-bond donors (Lipinski definition) is 2. The van der Waals surface area contributed by atoms with E-state index in [0.29, 0.717) is 36.7 Å². The van der Waals surface area contributed by atoms with Crippen molar-refractivity contribution in [2.75, 3.05) is 25.1 Å². The maximum atomic E-state index is 12.3. The average Bonchev–Trinajstić information content (AvgIpc) is 2.59. The second kappa shape index (κ2) is 8.64. The van der Waals surface area contributed by atoms with E-state index >= 15 is 0 Å². The lowest BCUT2D eigenvalue weighted by Gasteiger charge is -2.12. The van der Waals surface area contributed by atoms with Crippen LogP contribution in [0.25, 0.3) is 0 Å². The second-order valence-electron chi connectivity index (χ2n) is 4.93. The van der Waals surface area contributed by atoms with Crippen LogP contribution < -0.4 is 10.6 Å². The number of hydrogen-bond acceptors (Lipinski definition) is 5. The highest BCUT2D eigenvalue weighted by atomic mass is 16.6. The summed E-state index contributed by atoms with van der Waals surface area (Å²) in [6, 6.07) is 13.1. The van der Waals surface area contributed by atoms with Gasteiger partial charge >= 0.3 is 0 Å². The van der Waals surface area contributed by atoms with E-state index in [1.165, 1.54) is 12.1 Å². The van der Waals surface area contributed by atoms with Gasteiger partial charge in [0.1, 0.15) is 0 Å². The van der Waals surface area contributed by atoms with Gasteiger partial charge in [-0.3, -0.25) is 14.9 Å². The zero-order valence-corrected chi connectivity index (χ0v) is 13.3. The molecule has 0 aromatic heterocycles. The van der Waals surface area contributed by atoms with Crippen molar-refractivity contribution in [3.8, 4) is 0 Å². The first-order chi connectivity index (χ1) is 11.6. The van der Waals surface area contributed by atoms with Gasteiger partial charge in [0.05, 0.1) is 22.8 Å². The molecule has 0 bridgehead atoms. The summed E-state index contributed by atoms with van der Waals surface area (Å²) in [4.78, 5) is 22.7. The van der Waals surface area contributed by atoms with Gasteiger partial charge in [0, 0.05) is 31.0 Å². The lowest BCUT2D eigenvalue weighted by atomic mass is 10.1. The monoisotopic (exact) mass is 329 g/mol. The third-order valence-electron chi connectivity index (χ3n) is 3.24. The van der Waals surface area contributed by atoms with E-state index in [9.17, 15) is 14.9 Å². The van der Waals surface area contributed by atoms with E-state index in [-0.39, 0.29) is 11.6 Å². The number of non-ortho nitro benzene ring substituents is 1. The predicted octanol–water partition coefficient (Wildman–Crippen LogP) is 3.10. The number of nitrogens with zero attached hydrogens (tertiary/aromatic N) is 1. The van der Waals surface area contributed by atoms with Crippen molar-refractivity contribution >= 4 is 23.0 Å². The number of carbonyl (C=O) groups excluding carboxylic acids is 1. The van der Waals surface area contributed by atoms with Crippen molar-refractivity contribution in [1.82, 2.24) is 5.32 Å². The van der Waals surface area contributed by atoms with Crippen molar-refractivity contribution in [3.05, 3.63) is 64.2 Å². The molecule has 0 aliphatic carbocycles. The Hall–Kier alpha value is -2.93. The second-order valence-corrected chi connectivity index (χ2v) is 4.93. The molecule has 0 unspecified atom stereocenters. The van der Waals surface area contributed by atoms with Crippen molar-refractivity contribution in [3.63, 3.8) is 0 Å². The van der Waals surface area contributed by atoms with Crippen LogP contribution in [0.2, 0.25) is 0 Å². The molecule has 0 atom stereocenters. The topological polar surface area (TPSA) is 93.5 Å². The Kier molecular flexibility index (Phi) is 6.27. The van der Waals surface area contributed by atoms with Gasteiger partial charge in [-0.05, 0) is 25.1 Å². The minimum Gasteiger partial charge on any atom is -0.380 e. The maximum absolute atomic E-state index is 12.3. The average molecular weight is 329 g/mol. The molecule has 0 radical (unpaired) electrons. The molecule has 0 saturated heterocycles. The summed E-state index contributed by atoms with van der Waals surface area (Å²) >= 11 is 0. The highest BCUT2D eigenvalue weighted by Gasteiger charge is 2.12. The molecule has 0 saturated carbocycles. The standard InChI is InChI=1S/C17H19N3O4/c1-2-24-11-10-18-17(21)15-8-3-4-9-16(15)19-13-6-5-7-14(12-13)20(22)23/h3-9,12,19H,2,10-11H2,1H3,(H,18,21). The van der Waals surface area contributed by atoms with Gasteiger partial charge in [0.2, 0.25) is 0 Å². The van der Waals surface area contributed by atoms with Gasteiger partial charge in [-0.15, -0.1) is 0 Å². The number of amides is 1. The largest absolute Gasteiger partial charge is 0.380 e. The van der Waals surface area contributed by atoms with Crippen LogP contribution in [0.3, 0.4) is 0 Å². The summed E-state index contributed by atoms with van der Waals surface area (Å²) in [6.45, 7) is 3.35. The Morgan fingerprint density at radius 2 is 2.00 bits per heavy atom. The van der Waals surface area contributed by atoms with Crippen molar-refractivity contribution < 1.29 is 14.5 Å². The molecule has 2 rings (SSSR count). The summed E-state index contributed by atoms with van der Waals surface area (Å²) in [5, 5.41) is 16.7.